The number of nitrogens with one attached hydrogen (secondary N) is 1. The molecule has 0 aliphatic heterocycles. The molecule has 1 nitrogen and oxygen atoms in total. The Balaban J connectivity index is 1.93. The molecule has 0 fully saturated rings. The maximum absolute atomic E-state index is 3.57. The van der Waals surface area contributed by atoms with Crippen LogP contribution in [0.5, 0.6) is 0 Å². The second kappa shape index (κ2) is 6.50. The van der Waals surface area contributed by atoms with Crippen molar-refractivity contribution in [1.29, 1.82) is 0 Å². The van der Waals surface area contributed by atoms with Gasteiger partial charge in [0, 0.05) is 26.8 Å². The molecular weight excluding hydrogens is 306 g/mol. The van der Waals surface area contributed by atoms with Gasteiger partial charge >= 0.3 is 0 Å². The van der Waals surface area contributed by atoms with Crippen LogP contribution in [0.15, 0.2) is 40.9 Å². The van der Waals surface area contributed by atoms with Crippen LogP contribution < -0.4 is 5.32 Å². The Kier molecular flexibility index (Phi) is 4.98. The fourth-order valence-electron chi connectivity index (χ4n) is 1.85. The van der Waals surface area contributed by atoms with Crippen molar-refractivity contribution in [3.05, 3.63) is 56.2 Å². The largest absolute Gasteiger partial charge is 0.305 e. The molecule has 2 aromatic rings. The number of benzene rings is 1. The molecule has 1 atom stereocenters. The minimum Gasteiger partial charge on any atom is -0.305 e. The molecule has 0 saturated carbocycles. The van der Waals surface area contributed by atoms with Gasteiger partial charge in [-0.1, -0.05) is 35.0 Å². The third-order valence-corrected chi connectivity index (χ3v) is 4.72. The molecule has 0 saturated heterocycles. The van der Waals surface area contributed by atoms with Gasteiger partial charge in [0.1, 0.15) is 0 Å². The summed E-state index contributed by atoms with van der Waals surface area (Å²) < 4.78 is 1.14. The predicted octanol–water partition coefficient (Wildman–Crippen LogP) is 4.92. The zero-order valence-corrected chi connectivity index (χ0v) is 13.1. The van der Waals surface area contributed by atoms with E-state index in [1.807, 2.05) is 11.3 Å². The smallest absolute Gasteiger partial charge is 0.0305 e. The average Bonchev–Trinajstić information content (AvgIpc) is 2.84. The first-order chi connectivity index (χ1) is 8.69. The first kappa shape index (κ1) is 13.8. The average molecular weight is 324 g/mol. The Labute approximate surface area is 121 Å². The van der Waals surface area contributed by atoms with Gasteiger partial charge in [-0.3, -0.25) is 0 Å². The second-order valence-electron chi connectivity index (χ2n) is 4.38. The van der Waals surface area contributed by atoms with Crippen molar-refractivity contribution in [2.75, 3.05) is 0 Å². The van der Waals surface area contributed by atoms with Crippen molar-refractivity contribution < 1.29 is 0 Å². The minimum atomic E-state index is 0.370. The van der Waals surface area contributed by atoms with E-state index in [1.165, 1.54) is 15.3 Å². The van der Waals surface area contributed by atoms with E-state index >= 15 is 0 Å². The Morgan fingerprint density at radius 1 is 1.22 bits per heavy atom. The molecule has 0 amide bonds. The summed E-state index contributed by atoms with van der Waals surface area (Å²) in [5.41, 5.74) is 1.32. The quantitative estimate of drug-likeness (QED) is 0.823. The molecule has 0 aliphatic rings. The van der Waals surface area contributed by atoms with Crippen molar-refractivity contribution in [3.63, 3.8) is 0 Å². The number of hydrogen-bond acceptors (Lipinski definition) is 2. The van der Waals surface area contributed by atoms with Gasteiger partial charge in [-0.25, -0.2) is 0 Å². The number of hydrogen-bond donors (Lipinski definition) is 1. The number of aryl methyl sites for hydroxylation is 1. The zero-order chi connectivity index (χ0) is 13.0. The van der Waals surface area contributed by atoms with Crippen molar-refractivity contribution in [1.82, 2.24) is 5.32 Å². The molecule has 0 bridgehead atoms. The lowest BCUT2D eigenvalue weighted by molar-refractivity contribution is 0.578. The van der Waals surface area contributed by atoms with E-state index in [9.17, 15) is 0 Å². The molecule has 3 heteroatoms. The van der Waals surface area contributed by atoms with Crippen molar-refractivity contribution in [2.24, 2.45) is 0 Å². The van der Waals surface area contributed by atoms with Crippen LogP contribution >= 0.6 is 27.3 Å². The summed E-state index contributed by atoms with van der Waals surface area (Å²) in [4.78, 5) is 2.87. The Hall–Kier alpha value is -0.640. The molecular formula is C15H18BrNS. The van der Waals surface area contributed by atoms with Gasteiger partial charge in [0.2, 0.25) is 0 Å². The molecule has 2 rings (SSSR count). The summed E-state index contributed by atoms with van der Waals surface area (Å²) in [7, 11) is 0. The van der Waals surface area contributed by atoms with E-state index in [4.69, 9.17) is 0 Å². The number of halogens is 1. The van der Waals surface area contributed by atoms with E-state index in [1.54, 1.807) is 0 Å². The monoisotopic (exact) mass is 323 g/mol. The van der Waals surface area contributed by atoms with Crippen molar-refractivity contribution in [3.8, 4) is 0 Å². The van der Waals surface area contributed by atoms with E-state index in [-0.39, 0.29) is 0 Å². The first-order valence-electron chi connectivity index (χ1n) is 6.25. The molecule has 0 spiro atoms. The molecule has 18 heavy (non-hydrogen) atoms. The third kappa shape index (κ3) is 3.67. The van der Waals surface area contributed by atoms with Crippen LogP contribution in [0.4, 0.5) is 0 Å². The van der Waals surface area contributed by atoms with E-state index < -0.39 is 0 Å². The summed E-state index contributed by atoms with van der Waals surface area (Å²) in [6.07, 6.45) is 1.13. The fourth-order valence-corrected chi connectivity index (χ4v) is 3.18. The van der Waals surface area contributed by atoms with Gasteiger partial charge in [-0.2, -0.15) is 0 Å². The summed E-state index contributed by atoms with van der Waals surface area (Å²) >= 11 is 5.41. The van der Waals surface area contributed by atoms with Crippen LogP contribution in [0.25, 0.3) is 0 Å². The summed E-state index contributed by atoms with van der Waals surface area (Å²) in [6.45, 7) is 5.35. The number of rotatable bonds is 5. The maximum atomic E-state index is 3.57. The highest BCUT2D eigenvalue weighted by molar-refractivity contribution is 9.10. The van der Waals surface area contributed by atoms with Gasteiger partial charge < -0.3 is 5.32 Å². The summed E-state index contributed by atoms with van der Waals surface area (Å²) in [6, 6.07) is 13.3. The first-order valence-corrected chi connectivity index (χ1v) is 7.86. The maximum Gasteiger partial charge on any atom is 0.0305 e. The number of thiophene rings is 1. The van der Waals surface area contributed by atoms with Crippen LogP contribution in [0, 0.1) is 0 Å². The lowest BCUT2D eigenvalue weighted by atomic mass is 10.1. The topological polar surface area (TPSA) is 12.0 Å². The van der Waals surface area contributed by atoms with Gasteiger partial charge in [0.25, 0.3) is 0 Å². The van der Waals surface area contributed by atoms with E-state index in [0.717, 1.165) is 17.4 Å². The molecule has 0 aliphatic carbocycles. The van der Waals surface area contributed by atoms with Gasteiger partial charge in [0.05, 0.1) is 0 Å². The Bertz CT molecular complexity index is 507. The molecule has 0 unspecified atom stereocenters. The van der Waals surface area contributed by atoms with Crippen molar-refractivity contribution >= 4 is 27.3 Å². The summed E-state index contributed by atoms with van der Waals surface area (Å²) in [5, 5.41) is 3.57. The molecule has 1 aromatic carbocycles. The normalized spacial score (nSPS) is 12.6. The molecule has 0 radical (unpaired) electrons. The molecule has 1 aromatic heterocycles. The van der Waals surface area contributed by atoms with Crippen LogP contribution in [-0.4, -0.2) is 0 Å². The lowest BCUT2D eigenvalue weighted by Crippen LogP contribution is -2.17. The van der Waals surface area contributed by atoms with Crippen LogP contribution in [0.1, 0.15) is 35.2 Å². The standard InChI is InChI=1S/C15H18BrNS/c1-3-14-7-8-15(18-14)10-17-11(2)12-5-4-6-13(16)9-12/h4-9,11,17H,3,10H2,1-2H3/t11-/m1/s1. The fraction of sp³-hybridized carbons (Fsp3) is 0.333. The Morgan fingerprint density at radius 2 is 2.00 bits per heavy atom. The highest BCUT2D eigenvalue weighted by Crippen LogP contribution is 2.20. The van der Waals surface area contributed by atoms with Gasteiger partial charge in [-0.15, -0.1) is 11.3 Å². The highest BCUT2D eigenvalue weighted by atomic mass is 79.9. The van der Waals surface area contributed by atoms with Gasteiger partial charge in [0.15, 0.2) is 0 Å². The van der Waals surface area contributed by atoms with Crippen LogP contribution in [0.3, 0.4) is 0 Å². The Morgan fingerprint density at radius 3 is 2.67 bits per heavy atom. The van der Waals surface area contributed by atoms with Crippen LogP contribution in [-0.2, 0) is 13.0 Å². The minimum absolute atomic E-state index is 0.370. The SMILES string of the molecule is CCc1ccc(CN[C@H](C)c2cccc(Br)c2)s1. The second-order valence-corrected chi connectivity index (χ2v) is 6.55. The molecule has 96 valence electrons. The van der Waals surface area contributed by atoms with E-state index in [0.29, 0.717) is 6.04 Å². The van der Waals surface area contributed by atoms with Crippen molar-refractivity contribution in [2.45, 2.75) is 32.9 Å². The molecule has 1 heterocycles. The van der Waals surface area contributed by atoms with Crippen LogP contribution in [0.2, 0.25) is 0 Å². The highest BCUT2D eigenvalue weighted by Gasteiger charge is 2.06. The van der Waals surface area contributed by atoms with Gasteiger partial charge in [-0.05, 0) is 43.2 Å². The lowest BCUT2D eigenvalue weighted by Gasteiger charge is -2.13. The summed E-state index contributed by atoms with van der Waals surface area (Å²) in [5.74, 6) is 0. The zero-order valence-electron chi connectivity index (χ0n) is 10.7. The van der Waals surface area contributed by atoms with E-state index in [2.05, 4.69) is 71.5 Å². The molecule has 1 N–H and O–H groups in total. The predicted molar refractivity (Wildman–Crippen MR) is 83.1 cm³/mol. The third-order valence-electron chi connectivity index (χ3n) is 3.00.